The molecule has 0 amide bonds. The number of morpholine rings is 1. The van der Waals surface area contributed by atoms with E-state index in [1.54, 1.807) is 11.3 Å². The van der Waals surface area contributed by atoms with Gasteiger partial charge in [0.15, 0.2) is 5.13 Å². The standard InChI is InChI=1S/C18H23N3O2S/c22-18(15-4-2-1-3-5-15)6-8-21(17-19-7-13-24-17)14-16(18)20-9-11-23-12-10-20/h1-5,7,13,16,22H,6,8-12,14H2/t16-,18+/m1/s1. The van der Waals surface area contributed by atoms with E-state index in [9.17, 15) is 5.11 Å². The van der Waals surface area contributed by atoms with Crippen LogP contribution in [0, 0.1) is 0 Å². The smallest absolute Gasteiger partial charge is 0.185 e. The van der Waals surface area contributed by atoms with E-state index in [0.717, 1.165) is 50.1 Å². The van der Waals surface area contributed by atoms with Gasteiger partial charge in [-0.2, -0.15) is 0 Å². The predicted octanol–water partition coefficient (Wildman–Crippen LogP) is 1.94. The van der Waals surface area contributed by atoms with Crippen molar-refractivity contribution >= 4 is 16.5 Å². The molecule has 0 saturated carbocycles. The van der Waals surface area contributed by atoms with Crippen LogP contribution < -0.4 is 4.90 Å². The summed E-state index contributed by atoms with van der Waals surface area (Å²) in [5, 5.41) is 14.7. The Morgan fingerprint density at radius 3 is 2.67 bits per heavy atom. The first-order valence-electron chi connectivity index (χ1n) is 8.51. The molecule has 5 nitrogen and oxygen atoms in total. The van der Waals surface area contributed by atoms with E-state index < -0.39 is 5.60 Å². The molecule has 2 aromatic rings. The molecule has 0 radical (unpaired) electrons. The van der Waals surface area contributed by atoms with Crippen LogP contribution in [0.15, 0.2) is 41.9 Å². The van der Waals surface area contributed by atoms with E-state index in [2.05, 4.69) is 14.8 Å². The molecular weight excluding hydrogens is 322 g/mol. The number of hydrogen-bond donors (Lipinski definition) is 1. The fraction of sp³-hybridized carbons (Fsp3) is 0.500. The second-order valence-electron chi connectivity index (χ2n) is 6.47. The minimum Gasteiger partial charge on any atom is -0.383 e. The summed E-state index contributed by atoms with van der Waals surface area (Å²) in [5.74, 6) is 0. The van der Waals surface area contributed by atoms with Crippen molar-refractivity contribution in [2.45, 2.75) is 18.1 Å². The Balaban J connectivity index is 1.65. The molecule has 2 aliphatic rings. The van der Waals surface area contributed by atoms with Gasteiger partial charge in [0.1, 0.15) is 5.60 Å². The Bertz CT molecular complexity index is 646. The number of aliphatic hydroxyl groups is 1. The maximum Gasteiger partial charge on any atom is 0.185 e. The van der Waals surface area contributed by atoms with Gasteiger partial charge in [0.05, 0.1) is 19.3 Å². The number of benzene rings is 1. The molecule has 3 heterocycles. The summed E-state index contributed by atoms with van der Waals surface area (Å²) in [6.07, 6.45) is 2.56. The molecule has 1 N–H and O–H groups in total. The van der Waals surface area contributed by atoms with Gasteiger partial charge in [0.25, 0.3) is 0 Å². The van der Waals surface area contributed by atoms with Gasteiger partial charge in [-0.1, -0.05) is 30.3 Å². The average molecular weight is 345 g/mol. The third kappa shape index (κ3) is 2.95. The Labute approximate surface area is 146 Å². The van der Waals surface area contributed by atoms with Crippen molar-refractivity contribution < 1.29 is 9.84 Å². The fourth-order valence-corrected chi connectivity index (χ4v) is 4.52. The number of anilines is 1. The summed E-state index contributed by atoms with van der Waals surface area (Å²) < 4.78 is 5.52. The molecule has 1 aromatic carbocycles. The van der Waals surface area contributed by atoms with Gasteiger partial charge in [0, 0.05) is 37.8 Å². The second kappa shape index (κ2) is 6.80. The lowest BCUT2D eigenvalue weighted by Gasteiger charge is -2.50. The summed E-state index contributed by atoms with van der Waals surface area (Å²) in [4.78, 5) is 9.15. The van der Waals surface area contributed by atoms with Gasteiger partial charge in [-0.15, -0.1) is 11.3 Å². The molecule has 0 spiro atoms. The Kier molecular flexibility index (Phi) is 4.54. The van der Waals surface area contributed by atoms with Gasteiger partial charge in [-0.3, -0.25) is 4.90 Å². The zero-order chi connectivity index (χ0) is 16.4. The van der Waals surface area contributed by atoms with Crippen LogP contribution in [0.3, 0.4) is 0 Å². The van der Waals surface area contributed by atoms with Gasteiger partial charge in [-0.05, 0) is 12.0 Å². The molecule has 0 bridgehead atoms. The van der Waals surface area contributed by atoms with Crippen LogP contribution in [0.1, 0.15) is 12.0 Å². The summed E-state index contributed by atoms with van der Waals surface area (Å²) in [5.41, 5.74) is 0.187. The molecule has 1 aromatic heterocycles. The quantitative estimate of drug-likeness (QED) is 0.921. The lowest BCUT2D eigenvalue weighted by molar-refractivity contribution is -0.0910. The second-order valence-corrected chi connectivity index (χ2v) is 7.34. The van der Waals surface area contributed by atoms with Crippen LogP contribution in [-0.4, -0.2) is 60.4 Å². The number of rotatable bonds is 3. The highest BCUT2D eigenvalue weighted by Gasteiger charge is 2.46. The maximum absolute atomic E-state index is 11.6. The molecule has 4 rings (SSSR count). The van der Waals surface area contributed by atoms with Gasteiger partial charge in [-0.25, -0.2) is 4.98 Å². The van der Waals surface area contributed by atoms with Crippen molar-refractivity contribution in [1.82, 2.24) is 9.88 Å². The van der Waals surface area contributed by atoms with E-state index in [-0.39, 0.29) is 6.04 Å². The number of ether oxygens (including phenoxy) is 1. The zero-order valence-corrected chi connectivity index (χ0v) is 14.5. The fourth-order valence-electron chi connectivity index (χ4n) is 3.84. The number of nitrogens with zero attached hydrogens (tertiary/aromatic N) is 3. The zero-order valence-electron chi connectivity index (χ0n) is 13.7. The minimum absolute atomic E-state index is 0.0430. The summed E-state index contributed by atoms with van der Waals surface area (Å²) in [6, 6.07) is 10.2. The van der Waals surface area contributed by atoms with E-state index >= 15 is 0 Å². The SMILES string of the molecule is O[C@]1(c2ccccc2)CCN(c2nccs2)C[C@H]1N1CCOCC1. The summed E-state index contributed by atoms with van der Waals surface area (Å²) >= 11 is 1.66. The van der Waals surface area contributed by atoms with Crippen molar-refractivity contribution in [3.05, 3.63) is 47.5 Å². The average Bonchev–Trinajstić information content (AvgIpc) is 3.18. The van der Waals surface area contributed by atoms with Crippen LogP contribution >= 0.6 is 11.3 Å². The highest BCUT2D eigenvalue weighted by Crippen LogP contribution is 2.38. The molecule has 2 saturated heterocycles. The van der Waals surface area contributed by atoms with E-state index in [1.165, 1.54) is 0 Å². The summed E-state index contributed by atoms with van der Waals surface area (Å²) in [7, 11) is 0. The highest BCUT2D eigenvalue weighted by atomic mass is 32.1. The first-order valence-corrected chi connectivity index (χ1v) is 9.39. The molecule has 6 heteroatoms. The van der Waals surface area contributed by atoms with Crippen molar-refractivity contribution in [3.8, 4) is 0 Å². The molecule has 2 fully saturated rings. The van der Waals surface area contributed by atoms with Crippen molar-refractivity contribution in [1.29, 1.82) is 0 Å². The third-order valence-electron chi connectivity index (χ3n) is 5.16. The molecule has 128 valence electrons. The van der Waals surface area contributed by atoms with Gasteiger partial charge < -0.3 is 14.7 Å². The minimum atomic E-state index is -0.827. The lowest BCUT2D eigenvalue weighted by Crippen LogP contribution is -2.62. The lowest BCUT2D eigenvalue weighted by atomic mass is 9.79. The molecule has 24 heavy (non-hydrogen) atoms. The Hall–Kier alpha value is -1.47. The molecule has 0 unspecified atom stereocenters. The highest BCUT2D eigenvalue weighted by molar-refractivity contribution is 7.13. The van der Waals surface area contributed by atoms with E-state index in [0.29, 0.717) is 6.42 Å². The first kappa shape index (κ1) is 16.0. The maximum atomic E-state index is 11.6. The van der Waals surface area contributed by atoms with Crippen molar-refractivity contribution in [2.75, 3.05) is 44.3 Å². The monoisotopic (exact) mass is 345 g/mol. The Morgan fingerprint density at radius 1 is 1.17 bits per heavy atom. The molecule has 2 atom stereocenters. The molecule has 0 aliphatic carbocycles. The van der Waals surface area contributed by atoms with Crippen LogP contribution in [0.5, 0.6) is 0 Å². The molecule has 2 aliphatic heterocycles. The van der Waals surface area contributed by atoms with Crippen molar-refractivity contribution in [2.24, 2.45) is 0 Å². The third-order valence-corrected chi connectivity index (χ3v) is 5.99. The molecular formula is C18H23N3O2S. The van der Waals surface area contributed by atoms with Gasteiger partial charge >= 0.3 is 0 Å². The number of piperidine rings is 1. The number of hydrogen-bond acceptors (Lipinski definition) is 6. The van der Waals surface area contributed by atoms with Crippen LogP contribution in [0.25, 0.3) is 0 Å². The van der Waals surface area contributed by atoms with Crippen LogP contribution in [0.4, 0.5) is 5.13 Å². The van der Waals surface area contributed by atoms with Crippen LogP contribution in [0.2, 0.25) is 0 Å². The summed E-state index contributed by atoms with van der Waals surface area (Å²) in [6.45, 7) is 4.81. The predicted molar refractivity (Wildman–Crippen MR) is 95.5 cm³/mol. The largest absolute Gasteiger partial charge is 0.383 e. The topological polar surface area (TPSA) is 48.8 Å². The van der Waals surface area contributed by atoms with E-state index in [4.69, 9.17) is 4.74 Å². The Morgan fingerprint density at radius 2 is 1.96 bits per heavy atom. The van der Waals surface area contributed by atoms with Crippen LogP contribution in [-0.2, 0) is 10.3 Å². The van der Waals surface area contributed by atoms with Crippen molar-refractivity contribution in [3.63, 3.8) is 0 Å². The normalized spacial score (nSPS) is 28.9. The number of aromatic nitrogens is 1. The van der Waals surface area contributed by atoms with Gasteiger partial charge in [0.2, 0.25) is 0 Å². The van der Waals surface area contributed by atoms with E-state index in [1.807, 2.05) is 41.9 Å². The first-order chi connectivity index (χ1) is 11.8. The number of thiazole rings is 1.